The fraction of sp³-hybridized carbons (Fsp3) is 0.308. The van der Waals surface area contributed by atoms with Crippen LogP contribution in [0.3, 0.4) is 0 Å². The second kappa shape index (κ2) is 21.2. The quantitative estimate of drug-likeness (QED) is 0.414. The van der Waals surface area contributed by atoms with E-state index >= 15 is 0 Å². The molecule has 0 atom stereocenters. The molecule has 1 nitrogen and oxygen atoms in total. The summed E-state index contributed by atoms with van der Waals surface area (Å²) < 4.78 is 4.91. The number of rotatable bonds is 3. The summed E-state index contributed by atoms with van der Waals surface area (Å²) >= 11 is 0. The lowest BCUT2D eigenvalue weighted by Crippen LogP contribution is -2.09. The molecule has 2 heteroatoms. The molecule has 0 saturated carbocycles. The van der Waals surface area contributed by atoms with Crippen molar-refractivity contribution >= 4 is 18.5 Å². The maximum atomic E-state index is 4.91. The minimum absolute atomic E-state index is 0.171. The Morgan fingerprint density at radius 3 is 1.04 bits per heavy atom. The average molecular weight is 399 g/mol. The van der Waals surface area contributed by atoms with Gasteiger partial charge in [0.05, 0.1) is 7.11 Å². The molecule has 3 aromatic carbocycles. The van der Waals surface area contributed by atoms with Crippen molar-refractivity contribution in [2.24, 2.45) is 0 Å². The maximum absolute atomic E-state index is 4.91. The Bertz CT molecular complexity index is 600. The van der Waals surface area contributed by atoms with Gasteiger partial charge in [0.25, 0.3) is 0 Å². The molecular weight excluding hydrogens is 359 g/mol. The first-order chi connectivity index (χ1) is 13.8. The zero-order valence-corrected chi connectivity index (χ0v) is 19.9. The molecule has 3 aromatic rings. The molecule has 28 heavy (non-hydrogen) atoms. The van der Waals surface area contributed by atoms with Gasteiger partial charge in [-0.1, -0.05) is 120 Å². The van der Waals surface area contributed by atoms with Gasteiger partial charge in [-0.2, -0.15) is 0 Å². The van der Waals surface area contributed by atoms with Crippen LogP contribution in [-0.4, -0.2) is 13.8 Å². The standard InChI is InChI=1S/C13H13P.C7H8O.3C2H6/c1-14(12-8-4-2-5-9-12)13-10-6-3-7-11-13;1-8-7-5-3-2-4-6-7;3*1-2/h2-11H,1H3;2-6H,1H3;3*1-2H3. The van der Waals surface area contributed by atoms with Crippen molar-refractivity contribution in [2.75, 3.05) is 13.8 Å². The molecule has 0 aliphatic carbocycles. The summed E-state index contributed by atoms with van der Waals surface area (Å²) in [5, 5.41) is 2.88. The Kier molecular flexibility index (Phi) is 21.3. The Morgan fingerprint density at radius 2 is 0.786 bits per heavy atom. The van der Waals surface area contributed by atoms with Crippen LogP contribution in [0, 0.1) is 0 Å². The highest BCUT2D eigenvalue weighted by Gasteiger charge is 2.05. The lowest BCUT2D eigenvalue weighted by molar-refractivity contribution is 0.415. The lowest BCUT2D eigenvalue weighted by atomic mass is 10.3. The predicted octanol–water partition coefficient (Wildman–Crippen LogP) is 7.52. The summed E-state index contributed by atoms with van der Waals surface area (Å²) in [4.78, 5) is 0. The molecule has 0 spiro atoms. The molecule has 3 rings (SSSR count). The summed E-state index contributed by atoms with van der Waals surface area (Å²) in [6.07, 6.45) is 0. The van der Waals surface area contributed by atoms with Gasteiger partial charge in [-0.15, -0.1) is 0 Å². The normalized spacial score (nSPS) is 8.32. The van der Waals surface area contributed by atoms with Crippen molar-refractivity contribution in [2.45, 2.75) is 41.5 Å². The third-order valence-electron chi connectivity index (χ3n) is 3.27. The summed E-state index contributed by atoms with van der Waals surface area (Å²) in [6.45, 7) is 14.3. The first-order valence-corrected chi connectivity index (χ1v) is 12.0. The number of methoxy groups -OCH3 is 1. The Balaban J connectivity index is 0. The van der Waals surface area contributed by atoms with Crippen LogP contribution in [0.4, 0.5) is 0 Å². The Hall–Kier alpha value is -2.11. The summed E-state index contributed by atoms with van der Waals surface area (Å²) in [5.41, 5.74) is 0. The van der Waals surface area contributed by atoms with Crippen LogP contribution in [0.5, 0.6) is 5.75 Å². The smallest absolute Gasteiger partial charge is 0.118 e. The molecule has 0 N–H and O–H groups in total. The second-order valence-electron chi connectivity index (χ2n) is 4.75. The van der Waals surface area contributed by atoms with E-state index in [2.05, 4.69) is 67.3 Å². The van der Waals surface area contributed by atoms with Crippen molar-refractivity contribution in [3.05, 3.63) is 91.0 Å². The Morgan fingerprint density at radius 1 is 0.500 bits per heavy atom. The van der Waals surface area contributed by atoms with Crippen LogP contribution < -0.4 is 15.3 Å². The molecular formula is C26H39OP. The van der Waals surface area contributed by atoms with Gasteiger partial charge in [-0.25, -0.2) is 0 Å². The molecule has 0 radical (unpaired) electrons. The van der Waals surface area contributed by atoms with Crippen LogP contribution >= 0.6 is 7.92 Å². The number of para-hydroxylation sites is 1. The van der Waals surface area contributed by atoms with Gasteiger partial charge in [-0.3, -0.25) is 0 Å². The van der Waals surface area contributed by atoms with Crippen LogP contribution in [-0.2, 0) is 0 Å². The van der Waals surface area contributed by atoms with Crippen LogP contribution in [0.1, 0.15) is 41.5 Å². The first-order valence-electron chi connectivity index (χ1n) is 10.2. The van der Waals surface area contributed by atoms with E-state index in [0.717, 1.165) is 5.75 Å². The molecule has 0 unspecified atom stereocenters. The molecule has 0 saturated heterocycles. The fourth-order valence-corrected chi connectivity index (χ4v) is 3.55. The molecule has 0 heterocycles. The zero-order chi connectivity index (χ0) is 21.6. The topological polar surface area (TPSA) is 9.23 Å². The average Bonchev–Trinajstić information content (AvgIpc) is 2.84. The molecule has 0 bridgehead atoms. The van der Waals surface area contributed by atoms with E-state index in [0.29, 0.717) is 0 Å². The molecule has 0 aliphatic rings. The molecule has 154 valence electrons. The van der Waals surface area contributed by atoms with Gasteiger partial charge in [0.2, 0.25) is 0 Å². The molecule has 0 aliphatic heterocycles. The number of hydrogen-bond donors (Lipinski definition) is 0. The van der Waals surface area contributed by atoms with E-state index in [1.807, 2.05) is 71.9 Å². The maximum Gasteiger partial charge on any atom is 0.118 e. The predicted molar refractivity (Wildman–Crippen MR) is 132 cm³/mol. The largest absolute Gasteiger partial charge is 0.497 e. The third kappa shape index (κ3) is 12.3. The van der Waals surface area contributed by atoms with Gasteiger partial charge in [0, 0.05) is 0 Å². The highest BCUT2D eigenvalue weighted by molar-refractivity contribution is 7.72. The van der Waals surface area contributed by atoms with E-state index in [-0.39, 0.29) is 7.92 Å². The summed E-state index contributed by atoms with van der Waals surface area (Å²) in [7, 11) is 1.49. The van der Waals surface area contributed by atoms with E-state index in [9.17, 15) is 0 Å². The summed E-state index contributed by atoms with van der Waals surface area (Å²) in [6, 6.07) is 31.1. The van der Waals surface area contributed by atoms with Gasteiger partial charge >= 0.3 is 0 Å². The fourth-order valence-electron chi connectivity index (χ4n) is 2.01. The van der Waals surface area contributed by atoms with Gasteiger partial charge in [0.1, 0.15) is 5.75 Å². The van der Waals surface area contributed by atoms with Crippen molar-refractivity contribution in [1.29, 1.82) is 0 Å². The minimum atomic E-state index is -0.171. The van der Waals surface area contributed by atoms with E-state index in [1.54, 1.807) is 7.11 Å². The highest BCUT2D eigenvalue weighted by Crippen LogP contribution is 2.27. The monoisotopic (exact) mass is 398 g/mol. The van der Waals surface area contributed by atoms with Crippen molar-refractivity contribution in [3.8, 4) is 5.75 Å². The SMILES string of the molecule is CC.CC.CC.COc1ccccc1.CP(c1ccccc1)c1ccccc1. The van der Waals surface area contributed by atoms with Gasteiger partial charge in [-0.05, 0) is 37.3 Å². The van der Waals surface area contributed by atoms with Crippen LogP contribution in [0.2, 0.25) is 0 Å². The number of hydrogen-bond acceptors (Lipinski definition) is 1. The van der Waals surface area contributed by atoms with Crippen LogP contribution in [0.25, 0.3) is 0 Å². The molecule has 0 fully saturated rings. The van der Waals surface area contributed by atoms with Crippen molar-refractivity contribution < 1.29 is 4.74 Å². The number of ether oxygens (including phenoxy) is 1. The Labute approximate surface area is 175 Å². The first kappa shape index (κ1) is 28.1. The second-order valence-corrected chi connectivity index (χ2v) is 6.90. The number of benzene rings is 3. The van der Waals surface area contributed by atoms with Crippen molar-refractivity contribution in [1.82, 2.24) is 0 Å². The van der Waals surface area contributed by atoms with E-state index in [4.69, 9.17) is 4.74 Å². The minimum Gasteiger partial charge on any atom is -0.497 e. The molecule has 0 amide bonds. The van der Waals surface area contributed by atoms with E-state index in [1.165, 1.54) is 10.6 Å². The van der Waals surface area contributed by atoms with E-state index < -0.39 is 0 Å². The molecule has 0 aromatic heterocycles. The zero-order valence-electron chi connectivity index (χ0n) is 19.0. The van der Waals surface area contributed by atoms with Gasteiger partial charge in [0.15, 0.2) is 0 Å². The van der Waals surface area contributed by atoms with Crippen LogP contribution in [0.15, 0.2) is 91.0 Å². The lowest BCUT2D eigenvalue weighted by Gasteiger charge is -2.12. The third-order valence-corrected chi connectivity index (χ3v) is 5.41. The van der Waals surface area contributed by atoms with Gasteiger partial charge < -0.3 is 4.74 Å². The highest BCUT2D eigenvalue weighted by atomic mass is 31.1. The summed E-state index contributed by atoms with van der Waals surface area (Å²) in [5.74, 6) is 0.910. The van der Waals surface area contributed by atoms with Crippen molar-refractivity contribution in [3.63, 3.8) is 0 Å².